The largest absolute Gasteiger partial charge is 0.462 e. The third kappa shape index (κ3) is 5.41. The van der Waals surface area contributed by atoms with Crippen LogP contribution in [-0.4, -0.2) is 44.3 Å². The zero-order valence-corrected chi connectivity index (χ0v) is 18.4. The summed E-state index contributed by atoms with van der Waals surface area (Å²) < 4.78 is 45.0. The van der Waals surface area contributed by atoms with Crippen molar-refractivity contribution in [2.24, 2.45) is 5.92 Å². The Bertz CT molecular complexity index is 1080. The zero-order valence-electron chi connectivity index (χ0n) is 16.8. The number of halogens is 2. The topological polar surface area (TPSA) is 92.8 Å². The third-order valence-corrected chi connectivity index (χ3v) is 7.14. The van der Waals surface area contributed by atoms with Crippen LogP contribution in [0.2, 0.25) is 5.02 Å². The van der Waals surface area contributed by atoms with Gasteiger partial charge in [0.2, 0.25) is 15.9 Å². The monoisotopic (exact) mass is 468 g/mol. The number of nitrogens with one attached hydrogen (secondary N) is 1. The van der Waals surface area contributed by atoms with Crippen LogP contribution in [0.4, 0.5) is 10.1 Å². The molecule has 31 heavy (non-hydrogen) atoms. The minimum absolute atomic E-state index is 0.00384. The third-order valence-electron chi connectivity index (χ3n) is 4.94. The van der Waals surface area contributed by atoms with Gasteiger partial charge in [-0.1, -0.05) is 11.6 Å². The summed E-state index contributed by atoms with van der Waals surface area (Å²) in [5, 5.41) is 2.92. The molecule has 2 aromatic rings. The van der Waals surface area contributed by atoms with E-state index < -0.39 is 27.7 Å². The number of rotatable bonds is 6. The zero-order chi connectivity index (χ0) is 22.6. The van der Waals surface area contributed by atoms with Crippen LogP contribution in [0.1, 0.15) is 30.1 Å². The lowest BCUT2D eigenvalue weighted by Crippen LogP contribution is -2.43. The van der Waals surface area contributed by atoms with E-state index in [0.717, 1.165) is 12.1 Å². The van der Waals surface area contributed by atoms with Crippen molar-refractivity contribution in [3.05, 3.63) is 58.9 Å². The van der Waals surface area contributed by atoms with Gasteiger partial charge in [-0.2, -0.15) is 4.31 Å². The Labute approximate surface area is 185 Å². The number of carbonyl (C=O) groups is 2. The molecule has 166 valence electrons. The number of hydrogen-bond acceptors (Lipinski definition) is 5. The molecule has 0 saturated carbocycles. The number of sulfonamides is 1. The average molecular weight is 469 g/mol. The Morgan fingerprint density at radius 2 is 1.94 bits per heavy atom. The molecule has 0 aromatic heterocycles. The lowest BCUT2D eigenvalue weighted by atomic mass is 9.98. The minimum Gasteiger partial charge on any atom is -0.462 e. The number of ether oxygens (including phenoxy) is 1. The van der Waals surface area contributed by atoms with E-state index in [1.807, 2.05) is 0 Å². The van der Waals surface area contributed by atoms with E-state index in [1.165, 1.54) is 28.6 Å². The molecule has 0 unspecified atom stereocenters. The smallest absolute Gasteiger partial charge is 0.339 e. The Hall–Kier alpha value is -2.49. The molecule has 1 fully saturated rings. The number of piperidine rings is 1. The number of esters is 1. The normalized spacial score (nSPS) is 17.2. The first-order valence-corrected chi connectivity index (χ1v) is 11.6. The Morgan fingerprint density at radius 3 is 2.61 bits per heavy atom. The molecule has 1 saturated heterocycles. The maximum atomic E-state index is 13.1. The van der Waals surface area contributed by atoms with Crippen molar-refractivity contribution in [3.63, 3.8) is 0 Å². The van der Waals surface area contributed by atoms with Crippen LogP contribution in [0.5, 0.6) is 0 Å². The van der Waals surface area contributed by atoms with Gasteiger partial charge in [-0.3, -0.25) is 4.79 Å². The number of nitrogens with zero attached hydrogens (tertiary/aromatic N) is 1. The van der Waals surface area contributed by atoms with E-state index in [4.69, 9.17) is 16.3 Å². The number of benzene rings is 2. The summed E-state index contributed by atoms with van der Waals surface area (Å²) in [7, 11) is -3.84. The molecule has 0 aliphatic carbocycles. The highest BCUT2D eigenvalue weighted by molar-refractivity contribution is 7.89. The Balaban J connectivity index is 1.72. The lowest BCUT2D eigenvalue weighted by Gasteiger charge is -2.31. The molecule has 0 spiro atoms. The fourth-order valence-corrected chi connectivity index (χ4v) is 5.06. The highest BCUT2D eigenvalue weighted by atomic mass is 35.5. The molecule has 7 nitrogen and oxygen atoms in total. The minimum atomic E-state index is -3.84. The predicted molar refractivity (Wildman–Crippen MR) is 114 cm³/mol. The maximum Gasteiger partial charge on any atom is 0.339 e. The van der Waals surface area contributed by atoms with Crippen molar-refractivity contribution in [3.8, 4) is 0 Å². The standard InChI is InChI=1S/C21H22ClFN2O5S/c1-2-30-21(27)18-12-16(7-10-19(18)22)24-20(26)14-4-3-11-25(13-14)31(28,29)17-8-5-15(23)6-9-17/h5-10,12,14H,2-4,11,13H2,1H3,(H,24,26)/t14-/m1/s1. The molecule has 0 radical (unpaired) electrons. The Kier molecular flexibility index (Phi) is 7.30. The summed E-state index contributed by atoms with van der Waals surface area (Å²) in [5.41, 5.74) is 0.487. The van der Waals surface area contributed by atoms with Gasteiger partial charge in [-0.05, 0) is 62.2 Å². The molecule has 0 bridgehead atoms. The quantitative estimate of drug-likeness (QED) is 0.652. The fourth-order valence-electron chi connectivity index (χ4n) is 3.34. The summed E-state index contributed by atoms with van der Waals surface area (Å²) in [6, 6.07) is 9.05. The Morgan fingerprint density at radius 1 is 1.23 bits per heavy atom. The summed E-state index contributed by atoms with van der Waals surface area (Å²) in [6.07, 6.45) is 1.02. The van der Waals surface area contributed by atoms with Crippen molar-refractivity contribution in [1.82, 2.24) is 4.31 Å². The molecule has 2 aromatic carbocycles. The summed E-state index contributed by atoms with van der Waals surface area (Å²) >= 11 is 6.04. The second kappa shape index (κ2) is 9.76. The first-order chi connectivity index (χ1) is 14.7. The highest BCUT2D eigenvalue weighted by Gasteiger charge is 2.33. The van der Waals surface area contributed by atoms with E-state index in [9.17, 15) is 22.4 Å². The predicted octanol–water partition coefficient (Wildman–Crippen LogP) is 3.70. The number of amides is 1. The van der Waals surface area contributed by atoms with Gasteiger partial charge in [0.1, 0.15) is 5.82 Å². The molecule has 1 atom stereocenters. The van der Waals surface area contributed by atoms with E-state index in [2.05, 4.69) is 5.32 Å². The van der Waals surface area contributed by atoms with Gasteiger partial charge in [0.15, 0.2) is 0 Å². The molecular weight excluding hydrogens is 447 g/mol. The summed E-state index contributed by atoms with van der Waals surface area (Å²) in [4.78, 5) is 24.8. The van der Waals surface area contributed by atoms with E-state index >= 15 is 0 Å². The van der Waals surface area contributed by atoms with Crippen molar-refractivity contribution >= 4 is 39.2 Å². The number of hydrogen-bond donors (Lipinski definition) is 1. The average Bonchev–Trinajstić information content (AvgIpc) is 2.75. The van der Waals surface area contributed by atoms with Crippen LogP contribution < -0.4 is 5.32 Å². The van der Waals surface area contributed by atoms with E-state index in [-0.39, 0.29) is 41.1 Å². The van der Waals surface area contributed by atoms with Gasteiger partial charge >= 0.3 is 5.97 Å². The van der Waals surface area contributed by atoms with Crippen molar-refractivity contribution in [1.29, 1.82) is 0 Å². The summed E-state index contributed by atoms with van der Waals surface area (Å²) in [6.45, 7) is 2.14. The van der Waals surface area contributed by atoms with Gasteiger partial charge in [-0.15, -0.1) is 0 Å². The van der Waals surface area contributed by atoms with Crippen LogP contribution in [0, 0.1) is 11.7 Å². The SMILES string of the molecule is CCOC(=O)c1cc(NC(=O)[C@@H]2CCCN(S(=O)(=O)c3ccc(F)cc3)C2)ccc1Cl. The van der Waals surface area contributed by atoms with Gasteiger partial charge in [0.25, 0.3) is 0 Å². The van der Waals surface area contributed by atoms with E-state index in [1.54, 1.807) is 13.0 Å². The van der Waals surface area contributed by atoms with Crippen LogP contribution >= 0.6 is 11.6 Å². The number of anilines is 1. The molecule has 3 rings (SSSR count). The molecule has 1 amide bonds. The van der Waals surface area contributed by atoms with Gasteiger partial charge < -0.3 is 10.1 Å². The van der Waals surface area contributed by atoms with Crippen molar-refractivity contribution < 1.29 is 27.1 Å². The van der Waals surface area contributed by atoms with Crippen molar-refractivity contribution in [2.45, 2.75) is 24.7 Å². The van der Waals surface area contributed by atoms with Gasteiger partial charge in [-0.25, -0.2) is 17.6 Å². The fraction of sp³-hybridized carbons (Fsp3) is 0.333. The molecule has 1 heterocycles. The lowest BCUT2D eigenvalue weighted by molar-refractivity contribution is -0.120. The molecule has 1 N–H and O–H groups in total. The second-order valence-corrected chi connectivity index (χ2v) is 9.41. The first kappa shape index (κ1) is 23.2. The van der Waals surface area contributed by atoms with E-state index in [0.29, 0.717) is 18.5 Å². The first-order valence-electron chi connectivity index (χ1n) is 9.75. The van der Waals surface area contributed by atoms with Crippen LogP contribution in [0.15, 0.2) is 47.4 Å². The van der Waals surface area contributed by atoms with Crippen LogP contribution in [0.3, 0.4) is 0 Å². The summed E-state index contributed by atoms with van der Waals surface area (Å²) in [5.74, 6) is -2.07. The second-order valence-electron chi connectivity index (χ2n) is 7.06. The highest BCUT2D eigenvalue weighted by Crippen LogP contribution is 2.26. The number of carbonyl (C=O) groups excluding carboxylic acids is 2. The van der Waals surface area contributed by atoms with Crippen LogP contribution in [-0.2, 0) is 19.6 Å². The molecule has 1 aliphatic rings. The van der Waals surface area contributed by atoms with Crippen LogP contribution in [0.25, 0.3) is 0 Å². The molecule has 1 aliphatic heterocycles. The maximum absolute atomic E-state index is 13.1. The molecule has 10 heteroatoms. The van der Waals surface area contributed by atoms with Gasteiger partial charge in [0, 0.05) is 18.8 Å². The molecular formula is C21H22ClFN2O5S. The van der Waals surface area contributed by atoms with Crippen molar-refractivity contribution in [2.75, 3.05) is 25.0 Å². The van der Waals surface area contributed by atoms with Gasteiger partial charge in [0.05, 0.1) is 28.0 Å².